The summed E-state index contributed by atoms with van der Waals surface area (Å²) >= 11 is 6.40. The second-order valence-corrected chi connectivity index (χ2v) is 6.96. The lowest BCUT2D eigenvalue weighted by molar-refractivity contribution is 0.0959. The van der Waals surface area contributed by atoms with Gasteiger partial charge in [0.05, 0.1) is 28.5 Å². The largest absolute Gasteiger partial charge is 0.380 e. The molecule has 0 spiro atoms. The molecule has 0 bridgehead atoms. The Balaban J connectivity index is 1.63. The first-order chi connectivity index (χ1) is 14.6. The summed E-state index contributed by atoms with van der Waals surface area (Å²) in [5.74, 6) is 0.194. The van der Waals surface area contributed by atoms with Gasteiger partial charge in [-0.05, 0) is 42.0 Å². The van der Waals surface area contributed by atoms with Crippen LogP contribution in [0.25, 0.3) is 22.3 Å². The summed E-state index contributed by atoms with van der Waals surface area (Å²) in [6.07, 6.45) is 3.39. The van der Waals surface area contributed by atoms with Crippen molar-refractivity contribution in [1.29, 1.82) is 0 Å². The Morgan fingerprint density at radius 3 is 2.77 bits per heavy atom. The van der Waals surface area contributed by atoms with Crippen LogP contribution in [0, 0.1) is 0 Å². The number of pyridine rings is 1. The minimum atomic E-state index is -0.212. The van der Waals surface area contributed by atoms with E-state index in [-0.39, 0.29) is 5.91 Å². The van der Waals surface area contributed by atoms with Crippen LogP contribution >= 0.6 is 11.6 Å². The minimum Gasteiger partial charge on any atom is -0.380 e. The molecule has 30 heavy (non-hydrogen) atoms. The summed E-state index contributed by atoms with van der Waals surface area (Å²) in [5, 5.41) is 7.03. The number of amides is 1. The van der Waals surface area contributed by atoms with E-state index in [1.54, 1.807) is 44.8 Å². The van der Waals surface area contributed by atoms with Crippen LogP contribution in [-0.2, 0) is 11.3 Å². The number of benzene rings is 1. The van der Waals surface area contributed by atoms with Gasteiger partial charge < -0.3 is 20.4 Å². The molecule has 3 heterocycles. The van der Waals surface area contributed by atoms with E-state index in [9.17, 15) is 4.79 Å². The predicted molar refractivity (Wildman–Crippen MR) is 116 cm³/mol. The van der Waals surface area contributed by atoms with E-state index < -0.39 is 0 Å². The van der Waals surface area contributed by atoms with Gasteiger partial charge in [-0.2, -0.15) is 0 Å². The van der Waals surface area contributed by atoms with Gasteiger partial charge >= 0.3 is 0 Å². The van der Waals surface area contributed by atoms with E-state index in [0.29, 0.717) is 40.2 Å². The second-order valence-electron chi connectivity index (χ2n) is 6.56. The third kappa shape index (κ3) is 4.10. The minimum absolute atomic E-state index is 0.212. The Labute approximate surface area is 177 Å². The number of hydrogen-bond donors (Lipinski definition) is 3. The molecule has 0 aliphatic carbocycles. The maximum atomic E-state index is 11.9. The number of H-pyrrole nitrogens is 1. The molecule has 152 valence electrons. The van der Waals surface area contributed by atoms with Crippen molar-refractivity contribution in [2.24, 2.45) is 0 Å². The quantitative estimate of drug-likeness (QED) is 0.435. The van der Waals surface area contributed by atoms with Crippen molar-refractivity contribution in [2.45, 2.75) is 6.61 Å². The van der Waals surface area contributed by atoms with Gasteiger partial charge in [-0.3, -0.25) is 9.78 Å². The highest BCUT2D eigenvalue weighted by atomic mass is 35.5. The number of ether oxygens (including phenoxy) is 1. The first-order valence-electron chi connectivity index (χ1n) is 9.16. The first-order valence-corrected chi connectivity index (χ1v) is 9.54. The molecule has 0 fully saturated rings. The van der Waals surface area contributed by atoms with Crippen LogP contribution < -0.4 is 10.6 Å². The maximum Gasteiger partial charge on any atom is 0.267 e. The smallest absolute Gasteiger partial charge is 0.267 e. The number of aromatic amines is 1. The zero-order valence-corrected chi connectivity index (χ0v) is 17.1. The number of carbonyl (C=O) groups is 1. The monoisotopic (exact) mass is 422 g/mol. The van der Waals surface area contributed by atoms with Crippen LogP contribution in [0.5, 0.6) is 0 Å². The van der Waals surface area contributed by atoms with Crippen molar-refractivity contribution < 1.29 is 9.53 Å². The molecule has 0 unspecified atom stereocenters. The van der Waals surface area contributed by atoms with E-state index in [1.807, 2.05) is 18.2 Å². The maximum absolute atomic E-state index is 11.9. The Kier molecular flexibility index (Phi) is 5.60. The Morgan fingerprint density at radius 1 is 1.13 bits per heavy atom. The van der Waals surface area contributed by atoms with Gasteiger partial charge in [-0.15, -0.1) is 0 Å². The average molecular weight is 423 g/mol. The van der Waals surface area contributed by atoms with Crippen LogP contribution in [-0.4, -0.2) is 40.0 Å². The molecule has 0 atom stereocenters. The number of aromatic nitrogens is 4. The second kappa shape index (κ2) is 8.48. The normalized spacial score (nSPS) is 10.9. The zero-order chi connectivity index (χ0) is 21.1. The Bertz CT molecular complexity index is 1220. The molecule has 0 radical (unpaired) electrons. The number of anilines is 2. The molecule has 4 aromatic rings. The average Bonchev–Trinajstić information content (AvgIpc) is 3.19. The molecule has 1 amide bonds. The molecule has 1 aromatic carbocycles. The molecule has 4 rings (SSSR count). The van der Waals surface area contributed by atoms with Crippen molar-refractivity contribution in [1.82, 2.24) is 25.3 Å². The Hall–Kier alpha value is -3.49. The fraction of sp³-hybridized carbons (Fsp3) is 0.143. The highest BCUT2D eigenvalue weighted by molar-refractivity contribution is 6.35. The van der Waals surface area contributed by atoms with Crippen molar-refractivity contribution >= 4 is 40.0 Å². The molecular formula is C21H19ClN6O2. The van der Waals surface area contributed by atoms with Crippen LogP contribution in [0.1, 0.15) is 16.1 Å². The van der Waals surface area contributed by atoms with E-state index >= 15 is 0 Å². The SMILES string of the molecule is CNC(=O)c1cc2cc(Nc3nccc(-c4cc(COC)ccn4)n3)cc(Cl)c2[nH]1. The van der Waals surface area contributed by atoms with E-state index in [2.05, 4.69) is 30.6 Å². The summed E-state index contributed by atoms with van der Waals surface area (Å²) in [6.45, 7) is 0.499. The highest BCUT2D eigenvalue weighted by Crippen LogP contribution is 2.29. The number of methoxy groups -OCH3 is 1. The summed E-state index contributed by atoms with van der Waals surface area (Å²) in [4.78, 5) is 28.1. The standard InChI is InChI=1S/C21H19ClN6O2/c1-23-20(29)18-9-13-8-14(10-15(22)19(13)27-18)26-21-25-6-4-16(28-21)17-7-12(11-30-2)3-5-24-17/h3-10,27H,11H2,1-2H3,(H,23,29)(H,25,26,28). The summed E-state index contributed by atoms with van der Waals surface area (Å²) in [5.41, 5.74) is 4.24. The number of fused-ring (bicyclic) bond motifs is 1. The fourth-order valence-electron chi connectivity index (χ4n) is 3.09. The summed E-state index contributed by atoms with van der Waals surface area (Å²) < 4.78 is 5.18. The molecule has 8 nitrogen and oxygen atoms in total. The molecular weight excluding hydrogens is 404 g/mol. The van der Waals surface area contributed by atoms with Crippen molar-refractivity contribution in [3.63, 3.8) is 0 Å². The van der Waals surface area contributed by atoms with Crippen LogP contribution in [0.2, 0.25) is 5.02 Å². The molecule has 3 N–H and O–H groups in total. The third-order valence-electron chi connectivity index (χ3n) is 4.46. The molecule has 3 aromatic heterocycles. The molecule has 0 saturated heterocycles. The number of rotatable bonds is 6. The lowest BCUT2D eigenvalue weighted by Gasteiger charge is -2.08. The topological polar surface area (TPSA) is 105 Å². The van der Waals surface area contributed by atoms with E-state index in [0.717, 1.165) is 16.6 Å². The van der Waals surface area contributed by atoms with Gasteiger partial charge in [0.15, 0.2) is 0 Å². The van der Waals surface area contributed by atoms with E-state index in [1.165, 1.54) is 0 Å². The van der Waals surface area contributed by atoms with Gasteiger partial charge in [0.2, 0.25) is 5.95 Å². The molecule has 0 aliphatic heterocycles. The lowest BCUT2D eigenvalue weighted by Crippen LogP contribution is -2.17. The number of nitrogens with one attached hydrogen (secondary N) is 3. The fourth-order valence-corrected chi connectivity index (χ4v) is 3.36. The van der Waals surface area contributed by atoms with Gasteiger partial charge in [-0.25, -0.2) is 9.97 Å². The van der Waals surface area contributed by atoms with Crippen molar-refractivity contribution in [3.8, 4) is 11.4 Å². The highest BCUT2D eigenvalue weighted by Gasteiger charge is 2.12. The third-order valence-corrected chi connectivity index (χ3v) is 4.76. The number of nitrogens with zero attached hydrogens (tertiary/aromatic N) is 3. The summed E-state index contributed by atoms with van der Waals surface area (Å²) in [7, 11) is 3.23. The number of hydrogen-bond acceptors (Lipinski definition) is 6. The van der Waals surface area contributed by atoms with Crippen LogP contribution in [0.4, 0.5) is 11.6 Å². The number of halogens is 1. The molecule has 0 saturated carbocycles. The lowest BCUT2D eigenvalue weighted by atomic mass is 10.2. The van der Waals surface area contributed by atoms with Crippen molar-refractivity contribution in [3.05, 3.63) is 65.1 Å². The van der Waals surface area contributed by atoms with Crippen molar-refractivity contribution in [2.75, 3.05) is 19.5 Å². The number of carbonyl (C=O) groups excluding carboxylic acids is 1. The van der Waals surface area contributed by atoms with Gasteiger partial charge in [0.1, 0.15) is 5.69 Å². The molecule has 9 heteroatoms. The molecule has 0 aliphatic rings. The predicted octanol–water partition coefficient (Wildman–Crippen LogP) is 3.92. The van der Waals surface area contributed by atoms with Gasteiger partial charge in [-0.1, -0.05) is 11.6 Å². The van der Waals surface area contributed by atoms with Gasteiger partial charge in [0.25, 0.3) is 5.91 Å². The van der Waals surface area contributed by atoms with Crippen LogP contribution in [0.3, 0.4) is 0 Å². The van der Waals surface area contributed by atoms with Gasteiger partial charge in [0, 0.05) is 37.6 Å². The Morgan fingerprint density at radius 2 is 1.97 bits per heavy atom. The first kappa shape index (κ1) is 19.8. The van der Waals surface area contributed by atoms with E-state index in [4.69, 9.17) is 16.3 Å². The summed E-state index contributed by atoms with van der Waals surface area (Å²) in [6, 6.07) is 11.0. The zero-order valence-electron chi connectivity index (χ0n) is 16.4. The van der Waals surface area contributed by atoms with Crippen LogP contribution in [0.15, 0.2) is 48.8 Å².